The summed E-state index contributed by atoms with van der Waals surface area (Å²) >= 11 is 0. The lowest BCUT2D eigenvalue weighted by Crippen LogP contribution is -2.53. The number of fused-ring (bicyclic) bond motifs is 5. The normalized spacial score (nSPS) is 48.6. The first-order valence-corrected chi connectivity index (χ1v) is 9.71. The second-order valence-corrected chi connectivity index (χ2v) is 9.08. The van der Waals surface area contributed by atoms with E-state index >= 15 is 0 Å². The molecule has 25 heavy (non-hydrogen) atoms. The Morgan fingerprint density at radius 1 is 1.16 bits per heavy atom. The molecule has 4 nitrogen and oxygen atoms in total. The summed E-state index contributed by atoms with van der Waals surface area (Å²) in [6, 6.07) is 0. The zero-order valence-corrected chi connectivity index (χ0v) is 15.5. The van der Waals surface area contributed by atoms with Gasteiger partial charge >= 0.3 is 5.97 Å². The molecule has 4 aliphatic rings. The Labute approximate surface area is 149 Å². The first-order chi connectivity index (χ1) is 11.8. The predicted molar refractivity (Wildman–Crippen MR) is 94.6 cm³/mol. The molecule has 0 spiro atoms. The summed E-state index contributed by atoms with van der Waals surface area (Å²) in [5.41, 5.74) is 2.40. The van der Waals surface area contributed by atoms with Gasteiger partial charge in [0.15, 0.2) is 0 Å². The van der Waals surface area contributed by atoms with E-state index in [1.54, 1.807) is 0 Å². The molecule has 0 aromatic heterocycles. The van der Waals surface area contributed by atoms with Gasteiger partial charge in [-0.1, -0.05) is 37.1 Å². The van der Waals surface area contributed by atoms with Crippen molar-refractivity contribution >= 4 is 5.97 Å². The molecule has 0 radical (unpaired) electrons. The topological polar surface area (TPSA) is 66.8 Å². The lowest BCUT2D eigenvalue weighted by atomic mass is 9.50. The molecular weight excluding hydrogens is 316 g/mol. The lowest BCUT2D eigenvalue weighted by Gasteiger charge is -2.56. The van der Waals surface area contributed by atoms with Crippen molar-refractivity contribution in [2.24, 2.45) is 22.7 Å². The number of esters is 1. The summed E-state index contributed by atoms with van der Waals surface area (Å²) in [6.45, 7) is 5.92. The van der Waals surface area contributed by atoms with Crippen LogP contribution in [0.4, 0.5) is 0 Å². The zero-order valence-electron chi connectivity index (χ0n) is 15.5. The maximum absolute atomic E-state index is 11.7. The third-order valence-electron chi connectivity index (χ3n) is 7.87. The van der Waals surface area contributed by atoms with Crippen molar-refractivity contribution in [2.75, 3.05) is 0 Å². The molecular formula is C21H30O4. The summed E-state index contributed by atoms with van der Waals surface area (Å²) in [5.74, 6) is 0.487. The van der Waals surface area contributed by atoms with Crippen LogP contribution in [0.2, 0.25) is 0 Å². The number of allylic oxidation sites excluding steroid dienone is 3. The molecule has 3 saturated carbocycles. The minimum absolute atomic E-state index is 0.0187. The van der Waals surface area contributed by atoms with Crippen LogP contribution in [0.25, 0.3) is 0 Å². The van der Waals surface area contributed by atoms with Crippen molar-refractivity contribution in [2.45, 2.75) is 77.6 Å². The van der Waals surface area contributed by atoms with E-state index in [0.717, 1.165) is 25.7 Å². The highest BCUT2D eigenvalue weighted by Gasteiger charge is 2.59. The van der Waals surface area contributed by atoms with Gasteiger partial charge < -0.3 is 14.9 Å². The van der Waals surface area contributed by atoms with Gasteiger partial charge in [-0.3, -0.25) is 4.79 Å². The average Bonchev–Trinajstić information content (AvgIpc) is 2.84. The molecule has 0 aromatic rings. The highest BCUT2D eigenvalue weighted by molar-refractivity contribution is 5.66. The van der Waals surface area contributed by atoms with Crippen molar-refractivity contribution in [1.29, 1.82) is 0 Å². The van der Waals surface area contributed by atoms with Crippen molar-refractivity contribution in [3.05, 3.63) is 23.3 Å². The molecule has 1 unspecified atom stereocenters. The van der Waals surface area contributed by atoms with E-state index in [9.17, 15) is 15.0 Å². The van der Waals surface area contributed by atoms with Gasteiger partial charge in [0, 0.05) is 24.2 Å². The van der Waals surface area contributed by atoms with Crippen LogP contribution in [-0.4, -0.2) is 34.5 Å². The molecule has 0 heterocycles. The fourth-order valence-corrected chi connectivity index (χ4v) is 6.37. The maximum Gasteiger partial charge on any atom is 0.302 e. The van der Waals surface area contributed by atoms with E-state index in [2.05, 4.69) is 26.0 Å². The molecule has 138 valence electrons. The van der Waals surface area contributed by atoms with Crippen molar-refractivity contribution in [3.63, 3.8) is 0 Å². The van der Waals surface area contributed by atoms with Crippen LogP contribution in [0.3, 0.4) is 0 Å². The summed E-state index contributed by atoms with van der Waals surface area (Å²) < 4.78 is 5.72. The SMILES string of the molecule is CC(=O)OC1C[C@H](O)CC2=CC=C3[C@@H]4CC[C@H](O)[C@@]4(C)CC[C@@H]3[C@]21C. The molecule has 4 rings (SSSR count). The highest BCUT2D eigenvalue weighted by atomic mass is 16.5. The number of aliphatic hydroxyl groups is 2. The van der Waals surface area contributed by atoms with Gasteiger partial charge in [0.25, 0.3) is 0 Å². The Kier molecular flexibility index (Phi) is 3.93. The van der Waals surface area contributed by atoms with Gasteiger partial charge in [-0.05, 0) is 43.9 Å². The fraction of sp³-hybridized carbons (Fsp3) is 0.762. The largest absolute Gasteiger partial charge is 0.462 e. The first kappa shape index (κ1) is 17.3. The second-order valence-electron chi connectivity index (χ2n) is 9.08. The van der Waals surface area contributed by atoms with Crippen molar-refractivity contribution < 1.29 is 19.7 Å². The first-order valence-electron chi connectivity index (χ1n) is 9.71. The second kappa shape index (κ2) is 5.68. The fourth-order valence-electron chi connectivity index (χ4n) is 6.37. The number of hydrogen-bond donors (Lipinski definition) is 2. The maximum atomic E-state index is 11.7. The van der Waals surface area contributed by atoms with E-state index in [-0.39, 0.29) is 29.0 Å². The molecule has 0 amide bonds. The van der Waals surface area contributed by atoms with Crippen LogP contribution in [0.5, 0.6) is 0 Å². The predicted octanol–water partition coefficient (Wildman–Crippen LogP) is 3.13. The highest BCUT2D eigenvalue weighted by Crippen LogP contribution is 2.63. The molecule has 0 aliphatic heterocycles. The van der Waals surface area contributed by atoms with E-state index in [1.165, 1.54) is 18.1 Å². The number of aliphatic hydroxyl groups excluding tert-OH is 2. The molecule has 4 heteroatoms. The lowest BCUT2D eigenvalue weighted by molar-refractivity contribution is -0.159. The Morgan fingerprint density at radius 2 is 1.92 bits per heavy atom. The summed E-state index contributed by atoms with van der Waals surface area (Å²) in [5, 5.41) is 20.8. The van der Waals surface area contributed by atoms with Crippen LogP contribution in [-0.2, 0) is 9.53 Å². The molecule has 3 fully saturated rings. The number of carbonyl (C=O) groups is 1. The number of ether oxygens (including phenoxy) is 1. The van der Waals surface area contributed by atoms with E-state index < -0.39 is 6.10 Å². The van der Waals surface area contributed by atoms with E-state index in [1.807, 2.05) is 0 Å². The van der Waals surface area contributed by atoms with Gasteiger partial charge in [0.05, 0.1) is 12.2 Å². The Morgan fingerprint density at radius 3 is 2.64 bits per heavy atom. The standard InChI is InChI=1S/C21H30O4/c1-12(22)25-19-11-14(23)10-13-4-5-15-16-6-7-18(24)20(16,2)9-8-17(15)21(13,19)3/h4-5,14,16-19,23-24H,6-11H2,1-3H3/t14-,16+,17+,18+,19?,20+,21+/m1/s1. The summed E-state index contributed by atoms with van der Waals surface area (Å²) in [7, 11) is 0. The van der Waals surface area contributed by atoms with Crippen LogP contribution in [0.15, 0.2) is 23.3 Å². The Balaban J connectivity index is 1.75. The number of carbonyl (C=O) groups excluding carboxylic acids is 1. The minimum Gasteiger partial charge on any atom is -0.462 e. The summed E-state index contributed by atoms with van der Waals surface area (Å²) in [4.78, 5) is 11.7. The minimum atomic E-state index is -0.444. The monoisotopic (exact) mass is 346 g/mol. The van der Waals surface area contributed by atoms with Crippen LogP contribution < -0.4 is 0 Å². The molecule has 0 aromatic carbocycles. The van der Waals surface area contributed by atoms with Gasteiger partial charge in [-0.15, -0.1) is 0 Å². The van der Waals surface area contributed by atoms with E-state index in [0.29, 0.717) is 24.7 Å². The zero-order chi connectivity index (χ0) is 18.0. The average molecular weight is 346 g/mol. The van der Waals surface area contributed by atoms with Crippen LogP contribution in [0, 0.1) is 22.7 Å². The smallest absolute Gasteiger partial charge is 0.302 e. The molecule has 0 bridgehead atoms. The van der Waals surface area contributed by atoms with E-state index in [4.69, 9.17) is 4.74 Å². The Bertz CT molecular complexity index is 650. The molecule has 7 atom stereocenters. The Hall–Kier alpha value is -1.13. The third kappa shape index (κ3) is 2.37. The van der Waals surface area contributed by atoms with Crippen LogP contribution in [0.1, 0.15) is 59.3 Å². The molecule has 2 N–H and O–H groups in total. The molecule has 4 aliphatic carbocycles. The number of rotatable bonds is 1. The van der Waals surface area contributed by atoms with Crippen molar-refractivity contribution in [3.8, 4) is 0 Å². The van der Waals surface area contributed by atoms with Crippen molar-refractivity contribution in [1.82, 2.24) is 0 Å². The molecule has 0 saturated heterocycles. The van der Waals surface area contributed by atoms with Gasteiger partial charge in [-0.25, -0.2) is 0 Å². The van der Waals surface area contributed by atoms with Gasteiger partial charge in [0.1, 0.15) is 6.10 Å². The van der Waals surface area contributed by atoms with Gasteiger partial charge in [0.2, 0.25) is 0 Å². The quantitative estimate of drug-likeness (QED) is 0.716. The number of hydrogen-bond acceptors (Lipinski definition) is 4. The third-order valence-corrected chi connectivity index (χ3v) is 7.87. The summed E-state index contributed by atoms with van der Waals surface area (Å²) in [6.07, 6.45) is 8.62. The van der Waals surface area contributed by atoms with Gasteiger partial charge in [-0.2, -0.15) is 0 Å². The van der Waals surface area contributed by atoms with Crippen LogP contribution >= 0.6 is 0 Å².